The van der Waals surface area contributed by atoms with Crippen molar-refractivity contribution in [3.8, 4) is 0 Å². The van der Waals surface area contributed by atoms with Crippen molar-refractivity contribution in [2.75, 3.05) is 19.6 Å². The number of amides is 1. The molecular formula is C16H21N3OS. The lowest BCUT2D eigenvalue weighted by molar-refractivity contribution is -0.119. The average molecular weight is 303 g/mol. The number of hydrogen-bond acceptors (Lipinski definition) is 4. The molecule has 0 bridgehead atoms. The van der Waals surface area contributed by atoms with Gasteiger partial charge in [-0.2, -0.15) is 0 Å². The van der Waals surface area contributed by atoms with E-state index in [4.69, 9.17) is 4.98 Å². The van der Waals surface area contributed by atoms with Crippen LogP contribution in [0.2, 0.25) is 0 Å². The topological polar surface area (TPSA) is 45.2 Å². The van der Waals surface area contributed by atoms with Crippen molar-refractivity contribution in [3.05, 3.63) is 29.3 Å². The second kappa shape index (κ2) is 6.54. The molecule has 1 atom stereocenters. The molecule has 1 N–H and O–H groups in total. The fourth-order valence-corrected chi connectivity index (χ4v) is 4.08. The Morgan fingerprint density at radius 2 is 2.29 bits per heavy atom. The van der Waals surface area contributed by atoms with Crippen LogP contribution in [0.3, 0.4) is 0 Å². The van der Waals surface area contributed by atoms with Crippen molar-refractivity contribution < 1.29 is 4.79 Å². The maximum atomic E-state index is 11.0. The van der Waals surface area contributed by atoms with Gasteiger partial charge in [0.15, 0.2) is 0 Å². The van der Waals surface area contributed by atoms with Crippen molar-refractivity contribution in [1.29, 1.82) is 0 Å². The molecule has 1 saturated heterocycles. The largest absolute Gasteiger partial charge is 0.355 e. The van der Waals surface area contributed by atoms with E-state index in [-0.39, 0.29) is 5.91 Å². The highest BCUT2D eigenvalue weighted by atomic mass is 32.1. The number of rotatable bonds is 4. The molecule has 1 aromatic heterocycles. The number of aromatic nitrogens is 1. The monoisotopic (exact) mass is 303 g/mol. The predicted octanol–water partition coefficient (Wildman–Crippen LogP) is 2.96. The quantitative estimate of drug-likeness (QED) is 0.944. The molecular weight excluding hydrogens is 282 g/mol. The van der Waals surface area contributed by atoms with Gasteiger partial charge < -0.3 is 5.32 Å². The van der Waals surface area contributed by atoms with Crippen LogP contribution in [-0.4, -0.2) is 35.4 Å². The number of likely N-dealkylation sites (tertiary alicyclic amines) is 1. The van der Waals surface area contributed by atoms with Gasteiger partial charge in [0.05, 0.1) is 16.3 Å². The van der Waals surface area contributed by atoms with Crippen molar-refractivity contribution in [2.24, 2.45) is 0 Å². The van der Waals surface area contributed by atoms with Crippen LogP contribution in [0, 0.1) is 0 Å². The number of nitrogens with zero attached hydrogens (tertiary/aromatic N) is 2. The normalized spacial score (nSPS) is 19.8. The highest BCUT2D eigenvalue weighted by Crippen LogP contribution is 2.35. The summed E-state index contributed by atoms with van der Waals surface area (Å²) in [5, 5.41) is 4.11. The zero-order valence-corrected chi connectivity index (χ0v) is 13.2. The number of fused-ring (bicyclic) bond motifs is 1. The molecule has 1 amide bonds. The molecule has 3 rings (SSSR count). The van der Waals surface area contributed by atoms with Gasteiger partial charge in [-0.15, -0.1) is 11.3 Å². The zero-order valence-electron chi connectivity index (χ0n) is 12.3. The summed E-state index contributed by atoms with van der Waals surface area (Å²) < 4.78 is 1.26. The first-order valence-corrected chi connectivity index (χ1v) is 8.39. The number of para-hydroxylation sites is 1. The van der Waals surface area contributed by atoms with Crippen LogP contribution < -0.4 is 5.32 Å². The maximum Gasteiger partial charge on any atom is 0.216 e. The summed E-state index contributed by atoms with van der Waals surface area (Å²) in [5.41, 5.74) is 1.10. The van der Waals surface area contributed by atoms with E-state index in [0.717, 1.165) is 25.2 Å². The summed E-state index contributed by atoms with van der Waals surface area (Å²) in [6.07, 6.45) is 3.67. The van der Waals surface area contributed by atoms with Gasteiger partial charge in [0.1, 0.15) is 5.01 Å². The van der Waals surface area contributed by atoms with Gasteiger partial charge in [-0.1, -0.05) is 18.6 Å². The van der Waals surface area contributed by atoms with E-state index < -0.39 is 0 Å². The highest BCUT2D eigenvalue weighted by Gasteiger charge is 2.26. The fourth-order valence-electron chi connectivity index (χ4n) is 2.95. The molecule has 5 heteroatoms. The summed E-state index contributed by atoms with van der Waals surface area (Å²) in [7, 11) is 0. The van der Waals surface area contributed by atoms with Gasteiger partial charge in [0, 0.05) is 20.0 Å². The Kier molecular flexibility index (Phi) is 4.51. The van der Waals surface area contributed by atoms with E-state index in [0.29, 0.717) is 6.04 Å². The first kappa shape index (κ1) is 14.5. The van der Waals surface area contributed by atoms with Crippen molar-refractivity contribution >= 4 is 27.5 Å². The third-order valence-electron chi connectivity index (χ3n) is 3.98. The molecule has 112 valence electrons. The number of carbonyl (C=O) groups is 1. The average Bonchev–Trinajstić information content (AvgIpc) is 2.91. The minimum Gasteiger partial charge on any atom is -0.355 e. The van der Waals surface area contributed by atoms with Gasteiger partial charge in [-0.25, -0.2) is 4.98 Å². The van der Waals surface area contributed by atoms with E-state index in [1.54, 1.807) is 6.92 Å². The van der Waals surface area contributed by atoms with Gasteiger partial charge in [0.25, 0.3) is 0 Å². The third kappa shape index (κ3) is 3.41. The van der Waals surface area contributed by atoms with E-state index >= 15 is 0 Å². The van der Waals surface area contributed by atoms with E-state index in [9.17, 15) is 4.79 Å². The van der Waals surface area contributed by atoms with Crippen LogP contribution in [0.25, 0.3) is 10.2 Å². The molecule has 0 spiro atoms. The molecule has 0 aliphatic carbocycles. The first-order valence-electron chi connectivity index (χ1n) is 7.58. The molecule has 21 heavy (non-hydrogen) atoms. The number of thiazole rings is 1. The number of carbonyl (C=O) groups excluding carboxylic acids is 1. The minimum absolute atomic E-state index is 0.0450. The molecule has 2 aromatic rings. The molecule has 0 saturated carbocycles. The molecule has 2 heterocycles. The van der Waals surface area contributed by atoms with Gasteiger partial charge in [-0.05, 0) is 31.5 Å². The Morgan fingerprint density at radius 3 is 3.10 bits per heavy atom. The van der Waals surface area contributed by atoms with E-state index in [2.05, 4.69) is 28.4 Å². The van der Waals surface area contributed by atoms with Crippen LogP contribution in [-0.2, 0) is 4.79 Å². The summed E-state index contributed by atoms with van der Waals surface area (Å²) in [6.45, 7) is 4.29. The molecule has 1 aromatic carbocycles. The molecule has 1 aliphatic heterocycles. The second-order valence-electron chi connectivity index (χ2n) is 5.55. The summed E-state index contributed by atoms with van der Waals surface area (Å²) >= 11 is 1.81. The van der Waals surface area contributed by atoms with E-state index in [1.807, 2.05) is 17.4 Å². The first-order chi connectivity index (χ1) is 10.2. The number of nitrogens with one attached hydrogen (secondary N) is 1. The molecule has 0 unspecified atom stereocenters. The Balaban J connectivity index is 1.75. The second-order valence-corrected chi connectivity index (χ2v) is 6.61. The summed E-state index contributed by atoms with van der Waals surface area (Å²) in [6, 6.07) is 8.74. The van der Waals surface area contributed by atoms with Gasteiger partial charge >= 0.3 is 0 Å². The summed E-state index contributed by atoms with van der Waals surface area (Å²) in [4.78, 5) is 18.3. The number of benzene rings is 1. The van der Waals surface area contributed by atoms with Crippen molar-refractivity contribution in [3.63, 3.8) is 0 Å². The molecule has 0 radical (unpaired) electrons. The van der Waals surface area contributed by atoms with Gasteiger partial charge in [-0.3, -0.25) is 9.69 Å². The van der Waals surface area contributed by atoms with E-state index in [1.165, 1.54) is 29.0 Å². The lowest BCUT2D eigenvalue weighted by atomic mass is 10.0. The highest BCUT2D eigenvalue weighted by molar-refractivity contribution is 7.18. The third-order valence-corrected chi connectivity index (χ3v) is 5.12. The van der Waals surface area contributed by atoms with Crippen molar-refractivity contribution in [2.45, 2.75) is 32.2 Å². The smallest absolute Gasteiger partial charge is 0.216 e. The van der Waals surface area contributed by atoms with Crippen LogP contribution in [0.4, 0.5) is 0 Å². The Labute approximate surface area is 129 Å². The standard InChI is InChI=1S/C16H21N3OS/c1-12(20)17-9-11-19-10-5-4-7-14(19)16-18-13-6-2-3-8-15(13)21-16/h2-3,6,8,14H,4-5,7,9-11H2,1H3,(H,17,20)/t14-/m1/s1. The lowest BCUT2D eigenvalue weighted by Gasteiger charge is -2.34. The van der Waals surface area contributed by atoms with Crippen LogP contribution in [0.15, 0.2) is 24.3 Å². The number of piperidine rings is 1. The predicted molar refractivity (Wildman–Crippen MR) is 86.5 cm³/mol. The van der Waals surface area contributed by atoms with Crippen LogP contribution in [0.1, 0.15) is 37.2 Å². The molecule has 1 aliphatic rings. The van der Waals surface area contributed by atoms with Gasteiger partial charge in [0.2, 0.25) is 5.91 Å². The summed E-state index contributed by atoms with van der Waals surface area (Å²) in [5.74, 6) is 0.0450. The maximum absolute atomic E-state index is 11.0. The minimum atomic E-state index is 0.0450. The fraction of sp³-hybridized carbons (Fsp3) is 0.500. The van der Waals surface area contributed by atoms with Crippen LogP contribution >= 0.6 is 11.3 Å². The zero-order chi connectivity index (χ0) is 14.7. The molecule has 1 fully saturated rings. The Hall–Kier alpha value is -1.46. The number of hydrogen-bond donors (Lipinski definition) is 1. The van der Waals surface area contributed by atoms with Crippen LogP contribution in [0.5, 0.6) is 0 Å². The lowest BCUT2D eigenvalue weighted by Crippen LogP contribution is -2.39. The SMILES string of the molecule is CC(=O)NCCN1CCCC[C@@H]1c1nc2ccccc2s1. The Bertz CT molecular complexity index is 592. The van der Waals surface area contributed by atoms with Crippen molar-refractivity contribution in [1.82, 2.24) is 15.2 Å². The molecule has 4 nitrogen and oxygen atoms in total. The Morgan fingerprint density at radius 1 is 1.43 bits per heavy atom.